The molecule has 0 N–H and O–H groups in total. The molecule has 0 saturated carbocycles. The largest absolute Gasteiger partial charge is 0.380 e. The second-order valence-electron chi connectivity index (χ2n) is 5.31. The molecule has 0 aliphatic rings. The number of rotatable bonds is 4. The summed E-state index contributed by atoms with van der Waals surface area (Å²) in [5.41, 5.74) is 2.39. The molecule has 23 heavy (non-hydrogen) atoms. The minimum Gasteiger partial charge on any atom is -0.380 e. The Labute approximate surface area is 142 Å². The van der Waals surface area contributed by atoms with Gasteiger partial charge in [-0.1, -0.05) is 46.3 Å². The maximum absolute atomic E-state index is 13.1. The first-order valence-corrected chi connectivity index (χ1v) is 8.28. The van der Waals surface area contributed by atoms with Crippen molar-refractivity contribution in [2.45, 2.75) is 18.4 Å². The van der Waals surface area contributed by atoms with E-state index in [1.165, 1.54) is 0 Å². The molecule has 0 fully saturated rings. The number of halogens is 1. The summed E-state index contributed by atoms with van der Waals surface area (Å²) in [6, 6.07) is 15.2. The van der Waals surface area contributed by atoms with Crippen molar-refractivity contribution < 1.29 is 4.74 Å². The van der Waals surface area contributed by atoms with Crippen LogP contribution in [-0.4, -0.2) is 16.7 Å². The van der Waals surface area contributed by atoms with Gasteiger partial charge in [0.1, 0.15) is 5.82 Å². The van der Waals surface area contributed by atoms with E-state index in [0.29, 0.717) is 23.3 Å². The minimum absolute atomic E-state index is 0.0598. The Kier molecular flexibility index (Phi) is 4.59. The molecule has 1 heterocycles. The van der Waals surface area contributed by atoms with Gasteiger partial charge in [0, 0.05) is 12.7 Å². The van der Waals surface area contributed by atoms with E-state index in [4.69, 9.17) is 4.74 Å². The molecule has 3 aromatic rings. The van der Waals surface area contributed by atoms with E-state index in [-0.39, 0.29) is 10.4 Å². The summed E-state index contributed by atoms with van der Waals surface area (Å²) in [6.07, 6.45) is 0. The number of methoxy groups -OCH3 is 1. The fourth-order valence-corrected chi connectivity index (χ4v) is 2.96. The van der Waals surface area contributed by atoms with Crippen LogP contribution < -0.4 is 5.56 Å². The highest BCUT2D eigenvalue weighted by atomic mass is 79.9. The highest BCUT2D eigenvalue weighted by Gasteiger charge is 2.17. The van der Waals surface area contributed by atoms with E-state index < -0.39 is 0 Å². The van der Waals surface area contributed by atoms with Crippen LogP contribution in [0.15, 0.2) is 53.3 Å². The molecule has 0 aliphatic carbocycles. The third kappa shape index (κ3) is 2.94. The quantitative estimate of drug-likeness (QED) is 0.650. The number of aromatic nitrogens is 2. The summed E-state index contributed by atoms with van der Waals surface area (Å²) >= 11 is 3.56. The first-order chi connectivity index (χ1) is 11.1. The Hall–Kier alpha value is -1.98. The lowest BCUT2D eigenvalue weighted by Gasteiger charge is -2.17. The zero-order valence-electron chi connectivity index (χ0n) is 13.0. The average Bonchev–Trinajstić information content (AvgIpc) is 2.56. The molecule has 0 saturated heterocycles. The number of fused-ring (bicyclic) bond motifs is 1. The van der Waals surface area contributed by atoms with Crippen LogP contribution >= 0.6 is 15.9 Å². The van der Waals surface area contributed by atoms with Gasteiger partial charge in [0.05, 0.1) is 28.0 Å². The van der Waals surface area contributed by atoms with Crippen LogP contribution in [0.4, 0.5) is 0 Å². The molecule has 0 amide bonds. The summed E-state index contributed by atoms with van der Waals surface area (Å²) in [5, 5.41) is 0.608. The van der Waals surface area contributed by atoms with Crippen molar-refractivity contribution >= 4 is 26.8 Å². The number of alkyl halides is 1. The van der Waals surface area contributed by atoms with E-state index in [1.807, 2.05) is 55.5 Å². The van der Waals surface area contributed by atoms with E-state index >= 15 is 0 Å². The van der Waals surface area contributed by atoms with E-state index in [1.54, 1.807) is 11.7 Å². The van der Waals surface area contributed by atoms with Crippen molar-refractivity contribution in [3.63, 3.8) is 0 Å². The van der Waals surface area contributed by atoms with E-state index in [2.05, 4.69) is 20.9 Å². The molecule has 0 aliphatic heterocycles. The average molecular weight is 373 g/mol. The third-order valence-electron chi connectivity index (χ3n) is 3.69. The lowest BCUT2D eigenvalue weighted by Crippen LogP contribution is -2.25. The van der Waals surface area contributed by atoms with Gasteiger partial charge in [-0.05, 0) is 25.1 Å². The number of hydrogen-bond acceptors (Lipinski definition) is 3. The zero-order chi connectivity index (χ0) is 16.4. The van der Waals surface area contributed by atoms with Crippen LogP contribution in [0.25, 0.3) is 16.6 Å². The van der Waals surface area contributed by atoms with Gasteiger partial charge in [-0.25, -0.2) is 4.98 Å². The molecular weight excluding hydrogens is 356 g/mol. The third-order valence-corrected chi connectivity index (χ3v) is 4.10. The molecule has 0 bridgehead atoms. The predicted molar refractivity (Wildman–Crippen MR) is 95.4 cm³/mol. The first kappa shape index (κ1) is 15.9. The molecule has 5 heteroatoms. The molecule has 1 atom stereocenters. The van der Waals surface area contributed by atoms with Crippen LogP contribution in [-0.2, 0) is 11.3 Å². The first-order valence-electron chi connectivity index (χ1n) is 7.36. The second kappa shape index (κ2) is 6.64. The Morgan fingerprint density at radius 1 is 1.17 bits per heavy atom. The van der Waals surface area contributed by atoms with Crippen LogP contribution in [0.3, 0.4) is 0 Å². The van der Waals surface area contributed by atoms with Crippen molar-refractivity contribution in [1.82, 2.24) is 9.55 Å². The lowest BCUT2D eigenvalue weighted by molar-refractivity contribution is 0.184. The maximum atomic E-state index is 13.1. The predicted octanol–water partition coefficient (Wildman–Crippen LogP) is 3.99. The van der Waals surface area contributed by atoms with Gasteiger partial charge in [0.15, 0.2) is 0 Å². The maximum Gasteiger partial charge on any atom is 0.266 e. The van der Waals surface area contributed by atoms with Crippen LogP contribution in [0, 0.1) is 0 Å². The molecule has 2 aromatic carbocycles. The molecule has 0 spiro atoms. The lowest BCUT2D eigenvalue weighted by atomic mass is 10.1. The van der Waals surface area contributed by atoms with E-state index in [9.17, 15) is 4.79 Å². The monoisotopic (exact) mass is 372 g/mol. The summed E-state index contributed by atoms with van der Waals surface area (Å²) in [5.74, 6) is 0.678. The van der Waals surface area contributed by atoms with Crippen LogP contribution in [0.2, 0.25) is 0 Å². The molecule has 4 nitrogen and oxygen atoms in total. The van der Waals surface area contributed by atoms with Crippen molar-refractivity contribution in [2.75, 3.05) is 7.11 Å². The van der Waals surface area contributed by atoms with E-state index in [0.717, 1.165) is 11.3 Å². The minimum atomic E-state index is -0.0690. The number of ether oxygens (including phenoxy) is 1. The molecule has 3 rings (SSSR count). The Morgan fingerprint density at radius 3 is 2.61 bits per heavy atom. The highest BCUT2D eigenvalue weighted by molar-refractivity contribution is 9.09. The Morgan fingerprint density at radius 2 is 1.87 bits per heavy atom. The van der Waals surface area contributed by atoms with Crippen molar-refractivity contribution in [3.8, 4) is 5.69 Å². The van der Waals surface area contributed by atoms with Crippen molar-refractivity contribution in [3.05, 3.63) is 70.3 Å². The summed E-state index contributed by atoms with van der Waals surface area (Å²) in [4.78, 5) is 17.7. The zero-order valence-corrected chi connectivity index (χ0v) is 14.6. The van der Waals surface area contributed by atoms with Gasteiger partial charge < -0.3 is 4.74 Å². The van der Waals surface area contributed by atoms with Crippen molar-refractivity contribution in [1.29, 1.82) is 0 Å². The van der Waals surface area contributed by atoms with Crippen molar-refractivity contribution in [2.24, 2.45) is 0 Å². The molecule has 1 aromatic heterocycles. The smallest absolute Gasteiger partial charge is 0.266 e. The number of para-hydroxylation sites is 2. The molecule has 1 unspecified atom stereocenters. The number of nitrogens with zero attached hydrogens (tertiary/aromatic N) is 2. The van der Waals surface area contributed by atoms with Gasteiger partial charge in [0.2, 0.25) is 0 Å². The fourth-order valence-electron chi connectivity index (χ4n) is 2.66. The standard InChI is InChI=1S/C18H17BrN2O2/c1-12(19)17-20-15-9-5-4-8-14(15)18(22)21(17)16-10-6-3-7-13(16)11-23-2/h3-10,12H,11H2,1-2H3. The second-order valence-corrected chi connectivity index (χ2v) is 6.68. The van der Waals surface area contributed by atoms with Gasteiger partial charge in [0.25, 0.3) is 5.56 Å². The topological polar surface area (TPSA) is 44.1 Å². The molecule has 0 radical (unpaired) electrons. The fraction of sp³-hybridized carbons (Fsp3) is 0.222. The summed E-state index contributed by atoms with van der Waals surface area (Å²) in [7, 11) is 1.65. The summed E-state index contributed by atoms with van der Waals surface area (Å²) in [6.45, 7) is 2.40. The van der Waals surface area contributed by atoms with Crippen LogP contribution in [0.5, 0.6) is 0 Å². The highest BCUT2D eigenvalue weighted by Crippen LogP contribution is 2.25. The SMILES string of the molecule is COCc1ccccc1-n1c(C(C)Br)nc2ccccc2c1=O. The molecule has 118 valence electrons. The Balaban J connectivity index is 2.39. The number of hydrogen-bond donors (Lipinski definition) is 0. The summed E-state index contributed by atoms with van der Waals surface area (Å²) < 4.78 is 6.95. The van der Waals surface area contributed by atoms with Gasteiger partial charge in [-0.2, -0.15) is 0 Å². The van der Waals surface area contributed by atoms with Gasteiger partial charge >= 0.3 is 0 Å². The molecular formula is C18H17BrN2O2. The Bertz CT molecular complexity index is 903. The van der Waals surface area contributed by atoms with Gasteiger partial charge in [-0.3, -0.25) is 9.36 Å². The normalized spacial score (nSPS) is 12.5. The number of benzene rings is 2. The van der Waals surface area contributed by atoms with Crippen LogP contribution in [0.1, 0.15) is 23.1 Å². The van der Waals surface area contributed by atoms with Gasteiger partial charge in [-0.15, -0.1) is 0 Å².